The maximum Gasteiger partial charge on any atom is 0.0645 e. The largest absolute Gasteiger partial charge is 0.394 e. The minimum Gasteiger partial charge on any atom is -0.394 e. The lowest BCUT2D eigenvalue weighted by molar-refractivity contribution is -0.0996. The predicted molar refractivity (Wildman–Crippen MR) is 57.4 cm³/mol. The molecule has 1 saturated heterocycles. The number of rotatable bonds is 3. The highest BCUT2D eigenvalue weighted by atomic mass is 16.5. The van der Waals surface area contributed by atoms with E-state index < -0.39 is 0 Å². The third-order valence-electron chi connectivity index (χ3n) is 2.74. The molecule has 1 unspecified atom stereocenters. The molecule has 1 aliphatic rings. The summed E-state index contributed by atoms with van der Waals surface area (Å²) in [5.74, 6) is 0. The van der Waals surface area contributed by atoms with E-state index in [0.29, 0.717) is 6.04 Å². The van der Waals surface area contributed by atoms with E-state index in [0.717, 1.165) is 19.4 Å². The average molecular weight is 201 g/mol. The zero-order valence-electron chi connectivity index (χ0n) is 9.76. The van der Waals surface area contributed by atoms with Crippen molar-refractivity contribution >= 4 is 0 Å². The minimum atomic E-state index is -0.143. The van der Waals surface area contributed by atoms with Gasteiger partial charge in [-0.2, -0.15) is 0 Å². The van der Waals surface area contributed by atoms with Gasteiger partial charge in [0, 0.05) is 18.2 Å². The Hall–Kier alpha value is -0.120. The van der Waals surface area contributed by atoms with Gasteiger partial charge < -0.3 is 15.2 Å². The lowest BCUT2D eigenvalue weighted by atomic mass is 9.81. The second kappa shape index (κ2) is 4.17. The molecular weight excluding hydrogens is 178 g/mol. The van der Waals surface area contributed by atoms with Crippen molar-refractivity contribution in [1.82, 2.24) is 5.32 Å². The van der Waals surface area contributed by atoms with Crippen molar-refractivity contribution in [2.45, 2.75) is 57.7 Å². The van der Waals surface area contributed by atoms with Crippen molar-refractivity contribution in [1.29, 1.82) is 0 Å². The van der Waals surface area contributed by atoms with Crippen LogP contribution in [0.4, 0.5) is 0 Å². The molecule has 0 amide bonds. The minimum absolute atomic E-state index is 0.122. The third kappa shape index (κ3) is 2.94. The summed E-state index contributed by atoms with van der Waals surface area (Å²) in [6, 6.07) is 0.399. The van der Waals surface area contributed by atoms with Gasteiger partial charge in [-0.05, 0) is 26.7 Å². The van der Waals surface area contributed by atoms with E-state index in [9.17, 15) is 5.11 Å². The second-order valence-corrected chi connectivity index (χ2v) is 5.27. The first kappa shape index (κ1) is 12.0. The van der Waals surface area contributed by atoms with Gasteiger partial charge in [0.2, 0.25) is 0 Å². The fourth-order valence-corrected chi connectivity index (χ4v) is 2.39. The second-order valence-electron chi connectivity index (χ2n) is 5.27. The highest BCUT2D eigenvalue weighted by Gasteiger charge is 2.40. The Morgan fingerprint density at radius 2 is 2.07 bits per heavy atom. The molecule has 14 heavy (non-hydrogen) atoms. The molecule has 0 radical (unpaired) electrons. The summed E-state index contributed by atoms with van der Waals surface area (Å²) >= 11 is 0. The highest BCUT2D eigenvalue weighted by molar-refractivity contribution is 4.97. The number of hydrogen-bond acceptors (Lipinski definition) is 3. The molecule has 3 nitrogen and oxygen atoms in total. The van der Waals surface area contributed by atoms with Gasteiger partial charge in [0.15, 0.2) is 0 Å². The van der Waals surface area contributed by atoms with Crippen molar-refractivity contribution in [2.75, 3.05) is 13.2 Å². The van der Waals surface area contributed by atoms with Crippen LogP contribution in [0, 0.1) is 0 Å². The van der Waals surface area contributed by atoms with E-state index in [1.54, 1.807) is 0 Å². The van der Waals surface area contributed by atoms with Gasteiger partial charge in [-0.25, -0.2) is 0 Å². The van der Waals surface area contributed by atoms with Crippen LogP contribution in [0.25, 0.3) is 0 Å². The molecule has 0 aromatic rings. The van der Waals surface area contributed by atoms with Crippen molar-refractivity contribution in [2.24, 2.45) is 0 Å². The zero-order chi connectivity index (χ0) is 10.8. The smallest absolute Gasteiger partial charge is 0.0645 e. The van der Waals surface area contributed by atoms with Crippen molar-refractivity contribution in [3.8, 4) is 0 Å². The molecule has 0 aromatic heterocycles. The van der Waals surface area contributed by atoms with Gasteiger partial charge >= 0.3 is 0 Å². The van der Waals surface area contributed by atoms with Crippen LogP contribution in [0.5, 0.6) is 0 Å². The number of aliphatic hydroxyl groups excluding tert-OH is 1. The summed E-state index contributed by atoms with van der Waals surface area (Å²) < 4.78 is 5.65. The van der Waals surface area contributed by atoms with E-state index >= 15 is 0 Å². The molecule has 0 bridgehead atoms. The maximum absolute atomic E-state index is 9.50. The summed E-state index contributed by atoms with van der Waals surface area (Å²) in [6.07, 6.45) is 1.76. The molecule has 1 rings (SSSR count). The van der Waals surface area contributed by atoms with Crippen molar-refractivity contribution in [3.05, 3.63) is 0 Å². The molecule has 1 fully saturated rings. The molecule has 1 atom stereocenters. The predicted octanol–water partition coefficient (Wildman–Crippen LogP) is 1.30. The zero-order valence-corrected chi connectivity index (χ0v) is 9.76. The van der Waals surface area contributed by atoms with Crippen LogP contribution in [-0.4, -0.2) is 35.5 Å². The monoisotopic (exact) mass is 201 g/mol. The van der Waals surface area contributed by atoms with E-state index in [-0.39, 0.29) is 17.7 Å². The van der Waals surface area contributed by atoms with Crippen LogP contribution >= 0.6 is 0 Å². The lowest BCUT2D eigenvalue weighted by Gasteiger charge is -2.45. The molecule has 0 aliphatic carbocycles. The summed E-state index contributed by atoms with van der Waals surface area (Å²) in [6.45, 7) is 9.31. The van der Waals surface area contributed by atoms with Gasteiger partial charge in [0.1, 0.15) is 0 Å². The Kier molecular flexibility index (Phi) is 3.56. The number of ether oxygens (including phenoxy) is 1. The van der Waals surface area contributed by atoms with Gasteiger partial charge in [0.05, 0.1) is 12.2 Å². The first-order valence-corrected chi connectivity index (χ1v) is 5.42. The van der Waals surface area contributed by atoms with E-state index in [4.69, 9.17) is 4.74 Å². The molecule has 0 saturated carbocycles. The van der Waals surface area contributed by atoms with Crippen LogP contribution in [-0.2, 0) is 4.74 Å². The summed E-state index contributed by atoms with van der Waals surface area (Å²) in [7, 11) is 0. The van der Waals surface area contributed by atoms with E-state index in [1.165, 1.54) is 0 Å². The quantitative estimate of drug-likeness (QED) is 0.723. The van der Waals surface area contributed by atoms with Crippen molar-refractivity contribution in [3.63, 3.8) is 0 Å². The maximum atomic E-state index is 9.50. The Morgan fingerprint density at radius 3 is 2.50 bits per heavy atom. The summed E-state index contributed by atoms with van der Waals surface area (Å²) in [5, 5.41) is 13.0. The van der Waals surface area contributed by atoms with Crippen LogP contribution in [0.1, 0.15) is 40.5 Å². The Labute approximate surface area is 86.8 Å². The standard InChI is InChI=1S/C11H23NO2/c1-9(2)12-11(8-13)5-6-14-10(3,4)7-11/h9,12-13H,5-8H2,1-4H3. The molecule has 1 heterocycles. The van der Waals surface area contributed by atoms with Crippen LogP contribution in [0.2, 0.25) is 0 Å². The first-order valence-electron chi connectivity index (χ1n) is 5.42. The van der Waals surface area contributed by atoms with Gasteiger partial charge in [-0.1, -0.05) is 13.8 Å². The molecule has 2 N–H and O–H groups in total. The summed E-state index contributed by atoms with van der Waals surface area (Å²) in [4.78, 5) is 0. The Bertz CT molecular complexity index is 192. The third-order valence-corrected chi connectivity index (χ3v) is 2.74. The molecule has 84 valence electrons. The molecular formula is C11H23NO2. The van der Waals surface area contributed by atoms with Gasteiger partial charge in [0.25, 0.3) is 0 Å². The normalized spacial score (nSPS) is 32.1. The average Bonchev–Trinajstić information content (AvgIpc) is 2.01. The fourth-order valence-electron chi connectivity index (χ4n) is 2.39. The SMILES string of the molecule is CC(C)NC1(CO)CCOC(C)(C)C1. The Balaban J connectivity index is 2.68. The van der Waals surface area contributed by atoms with E-state index in [2.05, 4.69) is 33.0 Å². The molecule has 1 aliphatic heterocycles. The van der Waals surface area contributed by atoms with Gasteiger partial charge in [-0.15, -0.1) is 0 Å². The highest BCUT2D eigenvalue weighted by Crippen LogP contribution is 2.31. The van der Waals surface area contributed by atoms with Crippen LogP contribution in [0.3, 0.4) is 0 Å². The van der Waals surface area contributed by atoms with Gasteiger partial charge in [-0.3, -0.25) is 0 Å². The first-order chi connectivity index (χ1) is 6.39. The van der Waals surface area contributed by atoms with Crippen molar-refractivity contribution < 1.29 is 9.84 Å². The molecule has 0 spiro atoms. The lowest BCUT2D eigenvalue weighted by Crippen LogP contribution is -2.58. The van der Waals surface area contributed by atoms with Crippen LogP contribution in [0.15, 0.2) is 0 Å². The number of nitrogens with one attached hydrogen (secondary N) is 1. The molecule has 0 aromatic carbocycles. The van der Waals surface area contributed by atoms with Crippen LogP contribution < -0.4 is 5.32 Å². The Morgan fingerprint density at radius 1 is 1.43 bits per heavy atom. The fraction of sp³-hybridized carbons (Fsp3) is 1.00. The summed E-state index contributed by atoms with van der Waals surface area (Å²) in [5.41, 5.74) is -0.265. The number of hydrogen-bond donors (Lipinski definition) is 2. The molecule has 3 heteroatoms. The topological polar surface area (TPSA) is 41.5 Å². The number of aliphatic hydroxyl groups is 1. The van der Waals surface area contributed by atoms with E-state index in [1.807, 2.05) is 0 Å².